The first-order valence-corrected chi connectivity index (χ1v) is 5.73. The smallest absolute Gasteiger partial charge is 0.0900 e. The topological polar surface area (TPSA) is 45.2 Å². The highest BCUT2D eigenvalue weighted by Gasteiger charge is 2.03. The Hall–Kier alpha value is -0.450. The van der Waals surface area contributed by atoms with Gasteiger partial charge in [0.15, 0.2) is 0 Å². The van der Waals surface area contributed by atoms with Gasteiger partial charge >= 0.3 is 0 Å². The van der Waals surface area contributed by atoms with Crippen molar-refractivity contribution in [3.63, 3.8) is 0 Å². The van der Waals surface area contributed by atoms with Crippen LogP contribution in [0.1, 0.15) is 28.9 Å². The first kappa shape index (κ1) is 11.6. The Labute approximate surface area is 89.2 Å². The molecule has 0 aliphatic carbocycles. The first-order valence-electron chi connectivity index (χ1n) is 4.91. The van der Waals surface area contributed by atoms with Crippen LogP contribution in [0, 0.1) is 13.8 Å². The van der Waals surface area contributed by atoms with E-state index in [4.69, 9.17) is 5.11 Å². The summed E-state index contributed by atoms with van der Waals surface area (Å²) in [7, 11) is 0. The number of nitrogens with one attached hydrogen (secondary N) is 1. The standard InChI is InChI=1S/C10H18N2OS/c1-7(13)4-5-11-6-10-8(2)12-9(3)14-10/h7,11,13H,4-6H2,1-3H3. The van der Waals surface area contributed by atoms with Crippen LogP contribution in [0.2, 0.25) is 0 Å². The van der Waals surface area contributed by atoms with Crippen molar-refractivity contribution in [3.8, 4) is 0 Å². The molecule has 0 bridgehead atoms. The summed E-state index contributed by atoms with van der Waals surface area (Å²) in [5.74, 6) is 0. The van der Waals surface area contributed by atoms with E-state index in [1.807, 2.05) is 20.8 Å². The van der Waals surface area contributed by atoms with E-state index in [1.54, 1.807) is 11.3 Å². The molecule has 0 aromatic carbocycles. The quantitative estimate of drug-likeness (QED) is 0.732. The molecule has 1 aromatic rings. The lowest BCUT2D eigenvalue weighted by atomic mass is 10.3. The fraction of sp³-hybridized carbons (Fsp3) is 0.700. The summed E-state index contributed by atoms with van der Waals surface area (Å²) in [4.78, 5) is 5.65. The zero-order valence-electron chi connectivity index (χ0n) is 9.00. The summed E-state index contributed by atoms with van der Waals surface area (Å²) in [6, 6.07) is 0. The van der Waals surface area contributed by atoms with Crippen LogP contribution >= 0.6 is 11.3 Å². The first-order chi connectivity index (χ1) is 6.59. The van der Waals surface area contributed by atoms with Crippen molar-refractivity contribution in [3.05, 3.63) is 15.6 Å². The molecule has 0 saturated carbocycles. The number of aliphatic hydroxyl groups excluding tert-OH is 1. The Balaban J connectivity index is 2.28. The Kier molecular flexibility index (Phi) is 4.51. The van der Waals surface area contributed by atoms with Gasteiger partial charge in [-0.2, -0.15) is 0 Å². The van der Waals surface area contributed by atoms with Crippen LogP contribution in [-0.4, -0.2) is 22.7 Å². The summed E-state index contributed by atoms with van der Waals surface area (Å²) < 4.78 is 0. The molecule has 0 aliphatic rings. The van der Waals surface area contributed by atoms with Gasteiger partial charge in [-0.05, 0) is 33.7 Å². The molecule has 1 rings (SSSR count). The normalized spacial score (nSPS) is 13.1. The molecule has 0 fully saturated rings. The zero-order valence-corrected chi connectivity index (χ0v) is 9.82. The average molecular weight is 214 g/mol. The van der Waals surface area contributed by atoms with Gasteiger partial charge in [0.2, 0.25) is 0 Å². The molecule has 2 N–H and O–H groups in total. The van der Waals surface area contributed by atoms with Crippen molar-refractivity contribution in [1.29, 1.82) is 0 Å². The van der Waals surface area contributed by atoms with Crippen LogP contribution in [-0.2, 0) is 6.54 Å². The third kappa shape index (κ3) is 3.74. The van der Waals surface area contributed by atoms with Crippen LogP contribution in [0.3, 0.4) is 0 Å². The lowest BCUT2D eigenvalue weighted by Crippen LogP contribution is -2.18. The molecule has 1 aromatic heterocycles. The summed E-state index contributed by atoms with van der Waals surface area (Å²) in [6.07, 6.45) is 0.586. The highest BCUT2D eigenvalue weighted by Crippen LogP contribution is 2.16. The molecule has 1 unspecified atom stereocenters. The second kappa shape index (κ2) is 5.44. The van der Waals surface area contributed by atoms with Crippen molar-refractivity contribution < 1.29 is 5.11 Å². The van der Waals surface area contributed by atoms with E-state index in [9.17, 15) is 0 Å². The van der Waals surface area contributed by atoms with Crippen molar-refractivity contribution in [2.45, 2.75) is 39.8 Å². The fourth-order valence-corrected chi connectivity index (χ4v) is 2.16. The van der Waals surface area contributed by atoms with Gasteiger partial charge in [0.25, 0.3) is 0 Å². The number of hydrogen-bond acceptors (Lipinski definition) is 4. The van der Waals surface area contributed by atoms with E-state index < -0.39 is 0 Å². The Morgan fingerprint density at radius 2 is 2.21 bits per heavy atom. The van der Waals surface area contributed by atoms with Crippen LogP contribution in [0.5, 0.6) is 0 Å². The number of aromatic nitrogens is 1. The molecule has 1 atom stereocenters. The van der Waals surface area contributed by atoms with Gasteiger partial charge in [-0.25, -0.2) is 4.98 Å². The Morgan fingerprint density at radius 1 is 1.50 bits per heavy atom. The van der Waals surface area contributed by atoms with Crippen LogP contribution < -0.4 is 5.32 Å². The van der Waals surface area contributed by atoms with Crippen LogP contribution in [0.15, 0.2) is 0 Å². The molecule has 80 valence electrons. The molecule has 1 heterocycles. The van der Waals surface area contributed by atoms with Gasteiger partial charge < -0.3 is 10.4 Å². The van der Waals surface area contributed by atoms with Crippen molar-refractivity contribution in [1.82, 2.24) is 10.3 Å². The lowest BCUT2D eigenvalue weighted by Gasteiger charge is -2.05. The van der Waals surface area contributed by atoms with Crippen molar-refractivity contribution >= 4 is 11.3 Å². The maximum Gasteiger partial charge on any atom is 0.0900 e. The minimum absolute atomic E-state index is 0.216. The van der Waals surface area contributed by atoms with E-state index >= 15 is 0 Å². The SMILES string of the molecule is Cc1nc(C)c(CNCCC(C)O)s1. The minimum Gasteiger partial charge on any atom is -0.393 e. The van der Waals surface area contributed by atoms with Gasteiger partial charge in [-0.3, -0.25) is 0 Å². The zero-order chi connectivity index (χ0) is 10.6. The molecule has 14 heavy (non-hydrogen) atoms. The Bertz CT molecular complexity index is 284. The predicted octanol–water partition coefficient (Wildman–Crippen LogP) is 1.62. The van der Waals surface area contributed by atoms with E-state index in [0.717, 1.165) is 30.2 Å². The maximum absolute atomic E-state index is 9.06. The van der Waals surface area contributed by atoms with E-state index in [0.29, 0.717) is 0 Å². The molecular weight excluding hydrogens is 196 g/mol. The highest BCUT2D eigenvalue weighted by atomic mass is 32.1. The summed E-state index contributed by atoms with van der Waals surface area (Å²) in [5.41, 5.74) is 1.12. The van der Waals surface area contributed by atoms with E-state index in [1.165, 1.54) is 4.88 Å². The molecule has 0 saturated heterocycles. The fourth-order valence-electron chi connectivity index (χ4n) is 1.25. The third-order valence-corrected chi connectivity index (χ3v) is 3.10. The second-order valence-electron chi connectivity index (χ2n) is 3.56. The number of rotatable bonds is 5. The molecule has 3 nitrogen and oxygen atoms in total. The largest absolute Gasteiger partial charge is 0.393 e. The number of aliphatic hydroxyl groups is 1. The lowest BCUT2D eigenvalue weighted by molar-refractivity contribution is 0.183. The predicted molar refractivity (Wildman–Crippen MR) is 59.6 cm³/mol. The molecular formula is C10H18N2OS. The van der Waals surface area contributed by atoms with Crippen LogP contribution in [0.4, 0.5) is 0 Å². The molecule has 4 heteroatoms. The van der Waals surface area contributed by atoms with Gasteiger partial charge in [0.1, 0.15) is 0 Å². The maximum atomic E-state index is 9.06. The van der Waals surface area contributed by atoms with E-state index in [-0.39, 0.29) is 6.10 Å². The third-order valence-electron chi connectivity index (χ3n) is 2.02. The van der Waals surface area contributed by atoms with Gasteiger partial charge in [-0.15, -0.1) is 11.3 Å². The monoisotopic (exact) mass is 214 g/mol. The summed E-state index contributed by atoms with van der Waals surface area (Å²) in [6.45, 7) is 7.59. The number of hydrogen-bond donors (Lipinski definition) is 2. The van der Waals surface area contributed by atoms with E-state index in [2.05, 4.69) is 10.3 Å². The van der Waals surface area contributed by atoms with Gasteiger partial charge in [0.05, 0.1) is 16.8 Å². The number of aryl methyl sites for hydroxylation is 2. The molecule has 0 radical (unpaired) electrons. The molecule has 0 amide bonds. The molecule has 0 aliphatic heterocycles. The van der Waals surface area contributed by atoms with Crippen LogP contribution in [0.25, 0.3) is 0 Å². The van der Waals surface area contributed by atoms with Gasteiger partial charge in [-0.1, -0.05) is 0 Å². The van der Waals surface area contributed by atoms with Gasteiger partial charge in [0, 0.05) is 11.4 Å². The highest BCUT2D eigenvalue weighted by molar-refractivity contribution is 7.11. The van der Waals surface area contributed by atoms with Crippen molar-refractivity contribution in [2.75, 3.05) is 6.54 Å². The summed E-state index contributed by atoms with van der Waals surface area (Å²) >= 11 is 1.74. The average Bonchev–Trinajstić information content (AvgIpc) is 2.39. The number of thiazole rings is 1. The Morgan fingerprint density at radius 3 is 2.71 bits per heavy atom. The second-order valence-corrected chi connectivity index (χ2v) is 4.84. The minimum atomic E-state index is -0.216. The summed E-state index contributed by atoms with van der Waals surface area (Å²) in [5, 5.41) is 13.5. The number of nitrogens with zero attached hydrogens (tertiary/aromatic N) is 1. The van der Waals surface area contributed by atoms with Crippen molar-refractivity contribution in [2.24, 2.45) is 0 Å². The molecule has 0 spiro atoms.